The molecule has 0 spiro atoms. The minimum absolute atomic E-state index is 0.0853. The number of methoxy groups -OCH3 is 1. The van der Waals surface area contributed by atoms with E-state index in [0.717, 1.165) is 50.6 Å². The molecule has 0 atom stereocenters. The van der Waals surface area contributed by atoms with Gasteiger partial charge in [-0.2, -0.15) is 0 Å². The molecule has 5 aromatic rings. The molecule has 8 nitrogen and oxygen atoms in total. The summed E-state index contributed by atoms with van der Waals surface area (Å²) in [6, 6.07) is 29.2. The van der Waals surface area contributed by atoms with Gasteiger partial charge in [0.25, 0.3) is 5.91 Å². The predicted molar refractivity (Wildman–Crippen MR) is 181 cm³/mol. The number of ketones is 1. The number of rotatable bonds is 10. The number of fused-ring (bicyclic) bond motifs is 1. The van der Waals surface area contributed by atoms with E-state index >= 15 is 0 Å². The van der Waals surface area contributed by atoms with Crippen molar-refractivity contribution in [2.24, 2.45) is 0 Å². The number of amides is 1. The van der Waals surface area contributed by atoms with E-state index in [1.807, 2.05) is 36.4 Å². The quantitative estimate of drug-likeness (QED) is 0.153. The van der Waals surface area contributed by atoms with Gasteiger partial charge in [-0.1, -0.05) is 72.8 Å². The third kappa shape index (κ3) is 6.43. The van der Waals surface area contributed by atoms with Crippen LogP contribution in [0.1, 0.15) is 38.3 Å². The number of anilines is 1. The van der Waals surface area contributed by atoms with Gasteiger partial charge in [-0.25, -0.2) is 0 Å². The lowest BCUT2D eigenvalue weighted by Crippen LogP contribution is -2.47. The Labute approximate surface area is 268 Å². The van der Waals surface area contributed by atoms with Gasteiger partial charge in [-0.05, 0) is 44.2 Å². The molecule has 0 radical (unpaired) electrons. The smallest absolute Gasteiger partial charge is 0.255 e. The first-order valence-electron chi connectivity index (χ1n) is 15.6. The Balaban J connectivity index is 1.10. The van der Waals surface area contributed by atoms with Crippen molar-refractivity contribution >= 4 is 28.3 Å². The van der Waals surface area contributed by atoms with Gasteiger partial charge >= 0.3 is 0 Å². The van der Waals surface area contributed by atoms with Crippen LogP contribution in [0.3, 0.4) is 0 Å². The molecule has 8 heteroatoms. The first-order chi connectivity index (χ1) is 22.4. The normalized spacial score (nSPS) is 13.5. The van der Waals surface area contributed by atoms with Crippen molar-refractivity contribution in [2.75, 3.05) is 51.3 Å². The van der Waals surface area contributed by atoms with Crippen molar-refractivity contribution in [3.63, 3.8) is 0 Å². The number of para-hydroxylation sites is 3. The number of benzene rings is 4. The van der Waals surface area contributed by atoms with Crippen LogP contribution in [0, 0.1) is 6.92 Å². The molecular weight excluding hydrogens is 578 g/mol. The third-order valence-electron chi connectivity index (χ3n) is 8.57. The fourth-order valence-corrected chi connectivity index (χ4v) is 6.00. The minimum Gasteiger partial charge on any atom is -0.495 e. The Bertz CT molecular complexity index is 1910. The number of hydrogen-bond acceptors (Lipinski definition) is 7. The SMILES string of the molecule is COc1ccccc1N1CCN(CCCNC(=O)c2cccc3c(=O)c(C)c(-c4ccc(C(=O)c5ccccc5)cc4)oc23)CC1. The van der Waals surface area contributed by atoms with Crippen LogP contribution in [0.25, 0.3) is 22.3 Å². The zero-order chi connectivity index (χ0) is 32.0. The van der Waals surface area contributed by atoms with Crippen LogP contribution in [0.5, 0.6) is 5.75 Å². The molecule has 0 saturated carbocycles. The lowest BCUT2D eigenvalue weighted by molar-refractivity contribution is 0.0951. The molecule has 4 aromatic carbocycles. The number of carbonyl (C=O) groups is 2. The van der Waals surface area contributed by atoms with Crippen molar-refractivity contribution in [3.05, 3.63) is 130 Å². The maximum Gasteiger partial charge on any atom is 0.255 e. The average Bonchev–Trinajstić information content (AvgIpc) is 3.11. The summed E-state index contributed by atoms with van der Waals surface area (Å²) in [7, 11) is 1.70. The highest BCUT2D eigenvalue weighted by Gasteiger charge is 2.21. The van der Waals surface area contributed by atoms with Gasteiger partial charge in [-0.15, -0.1) is 0 Å². The Kier molecular flexibility index (Phi) is 9.26. The molecule has 1 amide bonds. The number of ether oxygens (including phenoxy) is 1. The van der Waals surface area contributed by atoms with Gasteiger partial charge in [-0.3, -0.25) is 19.3 Å². The molecule has 6 rings (SSSR count). The number of hydrogen-bond donors (Lipinski definition) is 1. The van der Waals surface area contributed by atoms with E-state index in [1.165, 1.54) is 0 Å². The van der Waals surface area contributed by atoms with Gasteiger partial charge in [0.1, 0.15) is 11.5 Å². The monoisotopic (exact) mass is 615 g/mol. The topological polar surface area (TPSA) is 92.1 Å². The predicted octanol–water partition coefficient (Wildman–Crippen LogP) is 5.95. The van der Waals surface area contributed by atoms with E-state index in [9.17, 15) is 14.4 Å². The van der Waals surface area contributed by atoms with Crippen LogP contribution >= 0.6 is 0 Å². The number of carbonyl (C=O) groups excluding carboxylic acids is 2. The van der Waals surface area contributed by atoms with Gasteiger partial charge in [0, 0.05) is 55.0 Å². The fourth-order valence-electron chi connectivity index (χ4n) is 6.00. The summed E-state index contributed by atoms with van der Waals surface area (Å²) < 4.78 is 11.8. The summed E-state index contributed by atoms with van der Waals surface area (Å²) in [5, 5.41) is 3.38. The Morgan fingerprint density at radius 1 is 0.826 bits per heavy atom. The molecule has 1 fully saturated rings. The highest BCUT2D eigenvalue weighted by atomic mass is 16.5. The fraction of sp³-hybridized carbons (Fsp3) is 0.237. The molecule has 0 unspecified atom stereocenters. The Morgan fingerprint density at radius 3 is 2.26 bits per heavy atom. The molecule has 1 aromatic heterocycles. The summed E-state index contributed by atoms with van der Waals surface area (Å²) in [4.78, 5) is 44.3. The Morgan fingerprint density at radius 2 is 1.52 bits per heavy atom. The molecule has 1 aliphatic heterocycles. The molecular formula is C38H37N3O5. The van der Waals surface area contributed by atoms with Crippen molar-refractivity contribution in [1.29, 1.82) is 0 Å². The van der Waals surface area contributed by atoms with Gasteiger partial charge in [0.15, 0.2) is 16.8 Å². The second kappa shape index (κ2) is 13.8. The van der Waals surface area contributed by atoms with Crippen LogP contribution < -0.4 is 20.4 Å². The number of nitrogens with one attached hydrogen (secondary N) is 1. The molecule has 2 heterocycles. The van der Waals surface area contributed by atoms with E-state index in [0.29, 0.717) is 45.5 Å². The lowest BCUT2D eigenvalue weighted by Gasteiger charge is -2.36. The standard InChI is InChI=1S/C38H37N3O5/c1-26-34(42)30-12-8-13-31(37(30)46-36(26)29-18-16-28(17-19-29)35(43)27-10-4-3-5-11-27)38(44)39-20-9-21-40-22-24-41(25-23-40)32-14-6-7-15-33(32)45-2/h3-8,10-19H,9,20-25H2,1-2H3,(H,39,44). The van der Waals surface area contributed by atoms with Gasteiger partial charge in [0.05, 0.1) is 23.7 Å². The second-order valence-electron chi connectivity index (χ2n) is 11.5. The largest absolute Gasteiger partial charge is 0.495 e. The van der Waals surface area contributed by atoms with Crippen molar-refractivity contribution in [2.45, 2.75) is 13.3 Å². The van der Waals surface area contributed by atoms with E-state index in [4.69, 9.17) is 9.15 Å². The third-order valence-corrected chi connectivity index (χ3v) is 8.57. The zero-order valence-corrected chi connectivity index (χ0v) is 26.1. The molecule has 1 N–H and O–H groups in total. The molecule has 234 valence electrons. The first-order valence-corrected chi connectivity index (χ1v) is 15.6. The maximum atomic E-state index is 13.4. The van der Waals surface area contributed by atoms with Crippen molar-refractivity contribution in [3.8, 4) is 17.1 Å². The van der Waals surface area contributed by atoms with Crippen molar-refractivity contribution in [1.82, 2.24) is 10.2 Å². The first kappa shape index (κ1) is 30.8. The molecule has 1 aliphatic rings. The van der Waals surface area contributed by atoms with Gasteiger partial charge in [0.2, 0.25) is 0 Å². The second-order valence-corrected chi connectivity index (χ2v) is 11.5. The maximum absolute atomic E-state index is 13.4. The van der Waals surface area contributed by atoms with Crippen LogP contribution in [0.15, 0.2) is 106 Å². The number of piperazine rings is 1. The van der Waals surface area contributed by atoms with E-state index in [-0.39, 0.29) is 22.7 Å². The van der Waals surface area contributed by atoms with E-state index < -0.39 is 0 Å². The van der Waals surface area contributed by atoms with E-state index in [1.54, 1.807) is 68.6 Å². The molecule has 0 bridgehead atoms. The van der Waals surface area contributed by atoms with Crippen LogP contribution in [-0.4, -0.2) is 63.0 Å². The lowest BCUT2D eigenvalue weighted by atomic mass is 9.99. The average molecular weight is 616 g/mol. The number of nitrogens with zero attached hydrogens (tertiary/aromatic N) is 2. The van der Waals surface area contributed by atoms with Crippen molar-refractivity contribution < 1.29 is 18.7 Å². The highest BCUT2D eigenvalue weighted by molar-refractivity contribution is 6.09. The molecule has 46 heavy (non-hydrogen) atoms. The van der Waals surface area contributed by atoms with Crippen LogP contribution in [-0.2, 0) is 0 Å². The summed E-state index contributed by atoms with van der Waals surface area (Å²) in [6.07, 6.45) is 0.799. The summed E-state index contributed by atoms with van der Waals surface area (Å²) >= 11 is 0. The van der Waals surface area contributed by atoms with E-state index in [2.05, 4.69) is 21.2 Å². The summed E-state index contributed by atoms with van der Waals surface area (Å²) in [6.45, 7) is 6.78. The van der Waals surface area contributed by atoms with Crippen LogP contribution in [0.2, 0.25) is 0 Å². The Hall–Kier alpha value is -5.21. The summed E-state index contributed by atoms with van der Waals surface area (Å²) in [5.41, 5.74) is 3.73. The van der Waals surface area contributed by atoms with Gasteiger partial charge < -0.3 is 19.4 Å². The summed E-state index contributed by atoms with van der Waals surface area (Å²) in [5.74, 6) is 0.897. The highest BCUT2D eigenvalue weighted by Crippen LogP contribution is 2.29. The zero-order valence-electron chi connectivity index (χ0n) is 26.1. The molecule has 1 saturated heterocycles. The molecule has 0 aliphatic carbocycles. The van der Waals surface area contributed by atoms with Crippen LogP contribution in [0.4, 0.5) is 5.69 Å². The minimum atomic E-state index is -0.284.